The molecule has 1 aliphatic rings. The van der Waals surface area contributed by atoms with Crippen molar-refractivity contribution in [3.05, 3.63) is 89.2 Å². The number of benzene rings is 2. The maximum absolute atomic E-state index is 13.5. The SMILES string of the molecule is Cn1nccc1-c1cc(C(F)(F)F)ccc1[C@H]1CCc2cc(S(=O)(=O)Nc3cccnn3)ccc21. The lowest BCUT2D eigenvalue weighted by atomic mass is 9.87. The number of aromatic nitrogens is 4. The minimum atomic E-state index is -4.47. The van der Waals surface area contributed by atoms with Crippen molar-refractivity contribution < 1.29 is 21.6 Å². The molecule has 2 heterocycles. The van der Waals surface area contributed by atoms with Gasteiger partial charge in [-0.05, 0) is 72.0 Å². The number of fused-ring (bicyclic) bond motifs is 1. The lowest BCUT2D eigenvalue weighted by Crippen LogP contribution is -2.14. The highest BCUT2D eigenvalue weighted by molar-refractivity contribution is 7.92. The van der Waals surface area contributed by atoms with Gasteiger partial charge in [0.2, 0.25) is 0 Å². The van der Waals surface area contributed by atoms with Gasteiger partial charge in [0.15, 0.2) is 5.82 Å². The Balaban J connectivity index is 1.53. The predicted octanol–water partition coefficient (Wildman–Crippen LogP) is 4.77. The van der Waals surface area contributed by atoms with Crippen LogP contribution in [0.5, 0.6) is 0 Å². The molecule has 1 aliphatic carbocycles. The Bertz CT molecular complexity index is 1500. The van der Waals surface area contributed by atoms with E-state index < -0.39 is 21.8 Å². The Morgan fingerprint density at radius 2 is 1.83 bits per heavy atom. The van der Waals surface area contributed by atoms with Crippen LogP contribution in [-0.2, 0) is 29.7 Å². The number of hydrogen-bond donors (Lipinski definition) is 1. The first-order valence-corrected chi connectivity index (χ1v) is 12.2. The topological polar surface area (TPSA) is 89.8 Å². The number of sulfonamides is 1. The lowest BCUT2D eigenvalue weighted by molar-refractivity contribution is -0.137. The summed E-state index contributed by atoms with van der Waals surface area (Å²) in [5.74, 6) is -0.0710. The molecule has 0 unspecified atom stereocenters. The van der Waals surface area contributed by atoms with Crippen LogP contribution in [0.25, 0.3) is 11.3 Å². The number of hydrogen-bond acceptors (Lipinski definition) is 5. The van der Waals surface area contributed by atoms with Gasteiger partial charge in [-0.25, -0.2) is 8.42 Å². The van der Waals surface area contributed by atoms with E-state index in [1.54, 1.807) is 42.2 Å². The van der Waals surface area contributed by atoms with Gasteiger partial charge in [0, 0.05) is 30.9 Å². The molecule has 0 bridgehead atoms. The van der Waals surface area contributed by atoms with E-state index in [4.69, 9.17) is 0 Å². The molecular formula is C24H20F3N5O2S. The molecule has 0 saturated heterocycles. The molecule has 0 saturated carbocycles. The summed E-state index contributed by atoms with van der Waals surface area (Å²) in [6.45, 7) is 0. The molecule has 2 aromatic carbocycles. The molecule has 7 nitrogen and oxygen atoms in total. The van der Waals surface area contributed by atoms with Crippen LogP contribution in [-0.4, -0.2) is 28.4 Å². The molecule has 2 aromatic heterocycles. The van der Waals surface area contributed by atoms with Gasteiger partial charge in [-0.15, -0.1) is 5.10 Å². The van der Waals surface area contributed by atoms with E-state index in [1.807, 2.05) is 0 Å². The van der Waals surface area contributed by atoms with Gasteiger partial charge in [-0.1, -0.05) is 12.1 Å². The molecule has 0 amide bonds. The van der Waals surface area contributed by atoms with Crippen molar-refractivity contribution in [1.82, 2.24) is 20.0 Å². The van der Waals surface area contributed by atoms with Gasteiger partial charge in [0.1, 0.15) is 0 Å². The molecule has 11 heteroatoms. The predicted molar refractivity (Wildman–Crippen MR) is 123 cm³/mol. The van der Waals surface area contributed by atoms with E-state index in [2.05, 4.69) is 20.0 Å². The highest BCUT2D eigenvalue weighted by Gasteiger charge is 2.34. The number of rotatable bonds is 5. The number of alkyl halides is 3. The second-order valence-corrected chi connectivity index (χ2v) is 9.99. The summed E-state index contributed by atoms with van der Waals surface area (Å²) >= 11 is 0. The van der Waals surface area contributed by atoms with Crippen LogP contribution in [0.1, 0.15) is 34.6 Å². The highest BCUT2D eigenvalue weighted by atomic mass is 32.2. The standard InChI is InChI=1S/C24H20F3N5O2S/c1-32-22(10-12-29-32)21-14-16(24(25,26)27)5-8-20(21)19-7-4-15-13-17(6-9-18(15)19)35(33,34)31-23-3-2-11-28-30-23/h2-3,5-6,8-14,19H,4,7H2,1H3,(H,30,31)/t19-/m0/s1. The number of nitrogens with zero attached hydrogens (tertiary/aromatic N) is 4. The monoisotopic (exact) mass is 499 g/mol. The van der Waals surface area contributed by atoms with Gasteiger partial charge in [0.25, 0.3) is 10.0 Å². The van der Waals surface area contributed by atoms with Crippen molar-refractivity contribution in [2.45, 2.75) is 29.8 Å². The molecule has 4 aromatic rings. The van der Waals surface area contributed by atoms with Crippen LogP contribution in [0.2, 0.25) is 0 Å². The van der Waals surface area contributed by atoms with Crippen LogP contribution < -0.4 is 4.72 Å². The molecule has 0 radical (unpaired) electrons. The van der Waals surface area contributed by atoms with Crippen molar-refractivity contribution in [2.75, 3.05) is 4.72 Å². The fourth-order valence-corrected chi connectivity index (χ4v) is 5.58. The highest BCUT2D eigenvalue weighted by Crippen LogP contribution is 2.44. The summed E-state index contributed by atoms with van der Waals surface area (Å²) in [5.41, 5.74) is 2.78. The third-order valence-electron chi connectivity index (χ3n) is 6.17. The zero-order valence-corrected chi connectivity index (χ0v) is 19.3. The number of anilines is 1. The minimum absolute atomic E-state index is 0.0850. The van der Waals surface area contributed by atoms with Crippen LogP contribution in [0.4, 0.5) is 19.0 Å². The summed E-state index contributed by atoms with van der Waals surface area (Å²) in [4.78, 5) is 0.0850. The number of nitrogens with one attached hydrogen (secondary N) is 1. The molecule has 0 fully saturated rings. The van der Waals surface area contributed by atoms with Crippen molar-refractivity contribution >= 4 is 15.8 Å². The molecule has 180 valence electrons. The minimum Gasteiger partial charge on any atom is -0.268 e. The molecule has 1 atom stereocenters. The van der Waals surface area contributed by atoms with E-state index in [9.17, 15) is 21.6 Å². The second-order valence-electron chi connectivity index (χ2n) is 8.31. The van der Waals surface area contributed by atoms with Crippen LogP contribution in [0, 0.1) is 0 Å². The van der Waals surface area contributed by atoms with Crippen molar-refractivity contribution in [3.8, 4) is 11.3 Å². The van der Waals surface area contributed by atoms with Gasteiger partial charge >= 0.3 is 6.18 Å². The molecular weight excluding hydrogens is 479 g/mol. The quantitative estimate of drug-likeness (QED) is 0.427. The van der Waals surface area contributed by atoms with E-state index in [0.717, 1.165) is 28.8 Å². The normalized spacial score (nSPS) is 15.7. The largest absolute Gasteiger partial charge is 0.416 e. The summed E-state index contributed by atoms with van der Waals surface area (Å²) in [7, 11) is -2.19. The molecule has 5 rings (SSSR count). The summed E-state index contributed by atoms with van der Waals surface area (Å²) in [6.07, 6.45) is -0.247. The Kier molecular flexibility index (Phi) is 5.59. The smallest absolute Gasteiger partial charge is 0.268 e. The Hall–Kier alpha value is -3.73. The van der Waals surface area contributed by atoms with Gasteiger partial charge in [0.05, 0.1) is 16.2 Å². The van der Waals surface area contributed by atoms with Crippen molar-refractivity contribution in [1.29, 1.82) is 0 Å². The fourth-order valence-electron chi connectivity index (χ4n) is 4.53. The van der Waals surface area contributed by atoms with Gasteiger partial charge < -0.3 is 0 Å². The fraction of sp³-hybridized carbons (Fsp3) is 0.208. The van der Waals surface area contributed by atoms with Crippen molar-refractivity contribution in [3.63, 3.8) is 0 Å². The van der Waals surface area contributed by atoms with Gasteiger partial charge in [-0.2, -0.15) is 23.4 Å². The maximum Gasteiger partial charge on any atom is 0.416 e. The first-order valence-electron chi connectivity index (χ1n) is 10.8. The number of halogens is 3. The lowest BCUT2D eigenvalue weighted by Gasteiger charge is -2.19. The van der Waals surface area contributed by atoms with E-state index >= 15 is 0 Å². The third kappa shape index (κ3) is 4.39. The third-order valence-corrected chi connectivity index (χ3v) is 7.52. The second kappa shape index (κ2) is 8.49. The van der Waals surface area contributed by atoms with Crippen LogP contribution in [0.15, 0.2) is 71.9 Å². The molecule has 1 N–H and O–H groups in total. The average Bonchev–Trinajstić information content (AvgIpc) is 3.44. The van der Waals surface area contributed by atoms with E-state index in [1.165, 1.54) is 24.4 Å². The summed E-state index contributed by atoms with van der Waals surface area (Å²) in [5, 5.41) is 11.5. The van der Waals surface area contributed by atoms with Crippen LogP contribution >= 0.6 is 0 Å². The van der Waals surface area contributed by atoms with E-state index in [0.29, 0.717) is 24.1 Å². The van der Waals surface area contributed by atoms with Crippen LogP contribution in [0.3, 0.4) is 0 Å². The first kappa shape index (κ1) is 23.0. The average molecular weight is 500 g/mol. The maximum atomic E-state index is 13.5. The van der Waals surface area contributed by atoms with Gasteiger partial charge in [-0.3, -0.25) is 9.40 Å². The zero-order valence-electron chi connectivity index (χ0n) is 18.5. The molecule has 35 heavy (non-hydrogen) atoms. The molecule has 0 aliphatic heterocycles. The van der Waals surface area contributed by atoms with E-state index in [-0.39, 0.29) is 16.6 Å². The molecule has 0 spiro atoms. The Labute approximate surface area is 199 Å². The van der Waals surface area contributed by atoms with Crippen molar-refractivity contribution in [2.24, 2.45) is 7.05 Å². The first-order chi connectivity index (χ1) is 16.6. The Morgan fingerprint density at radius 3 is 2.51 bits per heavy atom. The Morgan fingerprint density at radius 1 is 1.03 bits per heavy atom. The summed E-state index contributed by atoms with van der Waals surface area (Å²) < 4.78 is 70.1. The zero-order chi connectivity index (χ0) is 24.8. The number of aryl methyl sites for hydroxylation is 2. The summed E-state index contributed by atoms with van der Waals surface area (Å²) in [6, 6.07) is 13.4.